The van der Waals surface area contributed by atoms with Gasteiger partial charge in [-0.1, -0.05) is 12.8 Å². The molecule has 0 aliphatic heterocycles. The number of nitrogens with one attached hydrogen (secondary N) is 1. The molecule has 1 amide bonds. The van der Waals surface area contributed by atoms with Gasteiger partial charge in [0.05, 0.1) is 18.7 Å². The Bertz CT molecular complexity index is 768. The minimum absolute atomic E-state index is 0.127. The maximum atomic E-state index is 13.6. The highest BCUT2D eigenvalue weighted by molar-refractivity contribution is 5.92. The first-order chi connectivity index (χ1) is 12.1. The SMILES string of the molecule is COc1ccc(F)cc1-c1cc(NC(=O)[C@H]2CCCCC2N)ncn1. The summed E-state index contributed by atoms with van der Waals surface area (Å²) in [6.07, 6.45) is 5.02. The van der Waals surface area contributed by atoms with Crippen LogP contribution in [0.1, 0.15) is 25.7 Å². The Morgan fingerprint density at radius 1 is 1.28 bits per heavy atom. The van der Waals surface area contributed by atoms with E-state index in [4.69, 9.17) is 10.5 Å². The van der Waals surface area contributed by atoms with E-state index in [-0.39, 0.29) is 17.9 Å². The molecule has 1 heterocycles. The lowest BCUT2D eigenvalue weighted by Gasteiger charge is -2.27. The average Bonchev–Trinajstić information content (AvgIpc) is 2.62. The number of amides is 1. The first kappa shape index (κ1) is 17.3. The molecule has 3 N–H and O–H groups in total. The standard InChI is InChI=1S/C18H21FN4O2/c1-25-16-7-6-11(19)8-13(16)15-9-17(22-10-21-15)23-18(24)12-4-2-3-5-14(12)20/h6-10,12,14H,2-5,20H2,1H3,(H,21,22,23,24)/t12-,14?/m0/s1. The van der Waals surface area contributed by atoms with Gasteiger partial charge in [0.25, 0.3) is 0 Å². The van der Waals surface area contributed by atoms with Crippen LogP contribution in [0, 0.1) is 11.7 Å². The van der Waals surface area contributed by atoms with E-state index in [2.05, 4.69) is 15.3 Å². The van der Waals surface area contributed by atoms with E-state index in [1.54, 1.807) is 6.07 Å². The summed E-state index contributed by atoms with van der Waals surface area (Å²) in [6, 6.07) is 5.66. The molecule has 1 aliphatic rings. The molecule has 0 spiro atoms. The highest BCUT2D eigenvalue weighted by Gasteiger charge is 2.28. The molecule has 1 aromatic carbocycles. The van der Waals surface area contributed by atoms with E-state index in [0.29, 0.717) is 22.8 Å². The van der Waals surface area contributed by atoms with Gasteiger partial charge < -0.3 is 15.8 Å². The number of methoxy groups -OCH3 is 1. The fourth-order valence-corrected chi connectivity index (χ4v) is 3.16. The summed E-state index contributed by atoms with van der Waals surface area (Å²) in [6.45, 7) is 0. The van der Waals surface area contributed by atoms with Crippen molar-refractivity contribution in [2.75, 3.05) is 12.4 Å². The van der Waals surface area contributed by atoms with Crippen molar-refractivity contribution in [1.29, 1.82) is 0 Å². The molecule has 0 saturated heterocycles. The summed E-state index contributed by atoms with van der Waals surface area (Å²) in [7, 11) is 1.51. The number of carbonyl (C=O) groups excluding carboxylic acids is 1. The third-order valence-corrected chi connectivity index (χ3v) is 4.51. The summed E-state index contributed by atoms with van der Waals surface area (Å²) in [5.74, 6) is 0.109. The van der Waals surface area contributed by atoms with Gasteiger partial charge >= 0.3 is 0 Å². The number of hydrogen-bond donors (Lipinski definition) is 2. The molecule has 3 rings (SSSR count). The molecule has 2 atom stereocenters. The Kier molecular flexibility index (Phi) is 5.23. The first-order valence-electron chi connectivity index (χ1n) is 8.31. The second kappa shape index (κ2) is 7.57. The molecular formula is C18H21FN4O2. The Hall–Kier alpha value is -2.54. The van der Waals surface area contributed by atoms with Gasteiger partial charge in [0.2, 0.25) is 5.91 Å². The fourth-order valence-electron chi connectivity index (χ4n) is 3.16. The van der Waals surface area contributed by atoms with Crippen LogP contribution in [0.2, 0.25) is 0 Å². The molecular weight excluding hydrogens is 323 g/mol. The van der Waals surface area contributed by atoms with Crippen molar-refractivity contribution in [1.82, 2.24) is 9.97 Å². The number of ether oxygens (including phenoxy) is 1. The molecule has 1 aliphatic carbocycles. The number of benzene rings is 1. The van der Waals surface area contributed by atoms with Crippen LogP contribution in [0.4, 0.5) is 10.2 Å². The first-order valence-corrected chi connectivity index (χ1v) is 8.31. The van der Waals surface area contributed by atoms with E-state index in [9.17, 15) is 9.18 Å². The van der Waals surface area contributed by atoms with Gasteiger partial charge in [0.15, 0.2) is 0 Å². The van der Waals surface area contributed by atoms with Gasteiger partial charge in [0.1, 0.15) is 23.7 Å². The van der Waals surface area contributed by atoms with Gasteiger partial charge in [-0.3, -0.25) is 4.79 Å². The van der Waals surface area contributed by atoms with Crippen molar-refractivity contribution in [3.63, 3.8) is 0 Å². The number of hydrogen-bond acceptors (Lipinski definition) is 5. The monoisotopic (exact) mass is 344 g/mol. The van der Waals surface area contributed by atoms with Crippen molar-refractivity contribution in [2.45, 2.75) is 31.7 Å². The van der Waals surface area contributed by atoms with Gasteiger partial charge in [-0.25, -0.2) is 14.4 Å². The third-order valence-electron chi connectivity index (χ3n) is 4.51. The quantitative estimate of drug-likeness (QED) is 0.890. The lowest BCUT2D eigenvalue weighted by Crippen LogP contribution is -2.40. The average molecular weight is 344 g/mol. The third kappa shape index (κ3) is 3.93. The number of nitrogens with two attached hydrogens (primary N) is 1. The largest absolute Gasteiger partial charge is 0.496 e. The minimum Gasteiger partial charge on any atom is -0.496 e. The predicted molar refractivity (Wildman–Crippen MR) is 92.5 cm³/mol. The molecule has 1 saturated carbocycles. The molecule has 6 nitrogen and oxygen atoms in total. The van der Waals surface area contributed by atoms with E-state index in [1.165, 1.54) is 31.6 Å². The number of halogens is 1. The van der Waals surface area contributed by atoms with Crippen LogP contribution in [-0.2, 0) is 4.79 Å². The van der Waals surface area contributed by atoms with Crippen molar-refractivity contribution < 1.29 is 13.9 Å². The summed E-state index contributed by atoms with van der Waals surface area (Å²) in [4.78, 5) is 20.7. The molecule has 0 radical (unpaired) electrons. The second-order valence-electron chi connectivity index (χ2n) is 6.18. The molecule has 25 heavy (non-hydrogen) atoms. The van der Waals surface area contributed by atoms with Crippen molar-refractivity contribution in [3.05, 3.63) is 36.4 Å². The van der Waals surface area contributed by atoms with Crippen LogP contribution < -0.4 is 15.8 Å². The minimum atomic E-state index is -0.395. The van der Waals surface area contributed by atoms with Gasteiger partial charge in [0, 0.05) is 17.7 Å². The highest BCUT2D eigenvalue weighted by atomic mass is 19.1. The molecule has 0 bridgehead atoms. The summed E-state index contributed by atoms with van der Waals surface area (Å²) >= 11 is 0. The molecule has 7 heteroatoms. The fraction of sp³-hybridized carbons (Fsp3) is 0.389. The van der Waals surface area contributed by atoms with Crippen LogP contribution in [-0.4, -0.2) is 29.0 Å². The Labute approximate surface area is 145 Å². The smallest absolute Gasteiger partial charge is 0.230 e. The number of nitrogens with zero attached hydrogens (tertiary/aromatic N) is 2. The summed E-state index contributed by atoms with van der Waals surface area (Å²) in [5.41, 5.74) is 7.02. The number of anilines is 1. The lowest BCUT2D eigenvalue weighted by molar-refractivity contribution is -0.121. The van der Waals surface area contributed by atoms with Crippen LogP contribution in [0.25, 0.3) is 11.3 Å². The zero-order valence-corrected chi connectivity index (χ0v) is 14.0. The number of aromatic nitrogens is 2. The van der Waals surface area contributed by atoms with E-state index in [1.807, 2.05) is 0 Å². The van der Waals surface area contributed by atoms with Crippen LogP contribution in [0.5, 0.6) is 5.75 Å². The Balaban J connectivity index is 1.82. The number of carbonyl (C=O) groups is 1. The van der Waals surface area contributed by atoms with Crippen LogP contribution >= 0.6 is 0 Å². The molecule has 132 valence electrons. The zero-order valence-electron chi connectivity index (χ0n) is 14.0. The molecule has 1 unspecified atom stereocenters. The van der Waals surface area contributed by atoms with Crippen LogP contribution in [0.3, 0.4) is 0 Å². The van der Waals surface area contributed by atoms with E-state index in [0.717, 1.165) is 25.7 Å². The number of rotatable bonds is 4. The van der Waals surface area contributed by atoms with E-state index < -0.39 is 5.82 Å². The van der Waals surface area contributed by atoms with Crippen molar-refractivity contribution >= 4 is 11.7 Å². The maximum Gasteiger partial charge on any atom is 0.230 e. The van der Waals surface area contributed by atoms with Crippen molar-refractivity contribution in [3.8, 4) is 17.0 Å². The van der Waals surface area contributed by atoms with Gasteiger partial charge in [-0.2, -0.15) is 0 Å². The Morgan fingerprint density at radius 2 is 2.08 bits per heavy atom. The lowest BCUT2D eigenvalue weighted by atomic mass is 9.84. The van der Waals surface area contributed by atoms with E-state index >= 15 is 0 Å². The topological polar surface area (TPSA) is 90.1 Å². The maximum absolute atomic E-state index is 13.6. The summed E-state index contributed by atoms with van der Waals surface area (Å²) < 4.78 is 18.8. The normalized spacial score (nSPS) is 20.1. The van der Waals surface area contributed by atoms with Crippen molar-refractivity contribution in [2.24, 2.45) is 11.7 Å². The van der Waals surface area contributed by atoms with Gasteiger partial charge in [-0.05, 0) is 31.0 Å². The zero-order chi connectivity index (χ0) is 17.8. The van der Waals surface area contributed by atoms with Crippen LogP contribution in [0.15, 0.2) is 30.6 Å². The molecule has 1 aromatic heterocycles. The summed E-state index contributed by atoms with van der Waals surface area (Å²) in [5, 5.41) is 2.80. The predicted octanol–water partition coefficient (Wildman–Crippen LogP) is 2.75. The Morgan fingerprint density at radius 3 is 2.84 bits per heavy atom. The molecule has 2 aromatic rings. The molecule has 1 fully saturated rings. The second-order valence-corrected chi connectivity index (χ2v) is 6.18. The highest BCUT2D eigenvalue weighted by Crippen LogP contribution is 2.30. The van der Waals surface area contributed by atoms with Gasteiger partial charge in [-0.15, -0.1) is 0 Å².